The van der Waals surface area contributed by atoms with Crippen LogP contribution < -0.4 is 9.80 Å². The summed E-state index contributed by atoms with van der Waals surface area (Å²) in [6.45, 7) is 7.49. The van der Waals surface area contributed by atoms with E-state index in [0.717, 1.165) is 46.5 Å². The van der Waals surface area contributed by atoms with Crippen LogP contribution in [0.15, 0.2) is 48.7 Å². The molecule has 0 radical (unpaired) electrons. The van der Waals surface area contributed by atoms with Crippen molar-refractivity contribution in [1.82, 2.24) is 14.7 Å². The molecule has 2 aliphatic rings. The molecule has 0 saturated carbocycles. The first-order valence-electron chi connectivity index (χ1n) is 14.0. The van der Waals surface area contributed by atoms with Gasteiger partial charge in [0.1, 0.15) is 5.56 Å². The number of hydrogen-bond acceptors (Lipinski definition) is 5. The second-order valence-electron chi connectivity index (χ2n) is 11.1. The van der Waals surface area contributed by atoms with Gasteiger partial charge in [0, 0.05) is 67.1 Å². The maximum Gasteiger partial charge on any atom is 0.433 e. The SMILES string of the molecule is CC(C)C(=O)N1CCN(c2ccc(-c3ccc(Cl)cc3N3CCCC(n4ncc(C(=O)O)c4C(F)(F)F)C3)cc2)CC1. The Kier molecular flexibility index (Phi) is 8.41. The Morgan fingerprint density at radius 1 is 1.00 bits per heavy atom. The molecular weight excluding hydrogens is 571 g/mol. The van der Waals surface area contributed by atoms with Crippen molar-refractivity contribution in [3.8, 4) is 11.1 Å². The molecule has 2 aliphatic heterocycles. The van der Waals surface area contributed by atoms with Crippen molar-refractivity contribution in [2.24, 2.45) is 5.92 Å². The molecule has 1 aromatic heterocycles. The van der Waals surface area contributed by atoms with Crippen molar-refractivity contribution in [1.29, 1.82) is 0 Å². The number of aromatic nitrogens is 2. The lowest BCUT2D eigenvalue weighted by Crippen LogP contribution is -2.49. The summed E-state index contributed by atoms with van der Waals surface area (Å²) < 4.78 is 42.5. The highest BCUT2D eigenvalue weighted by Crippen LogP contribution is 2.39. The molecular formula is C30H33ClF3N5O3. The van der Waals surface area contributed by atoms with E-state index in [9.17, 15) is 27.9 Å². The summed E-state index contributed by atoms with van der Waals surface area (Å²) in [6, 6.07) is 13.0. The number of carboxylic acid groups (broad SMARTS) is 1. The van der Waals surface area contributed by atoms with Gasteiger partial charge in [0.15, 0.2) is 5.69 Å². The zero-order chi connectivity index (χ0) is 30.2. The molecule has 1 amide bonds. The Bertz CT molecular complexity index is 1450. The van der Waals surface area contributed by atoms with E-state index >= 15 is 0 Å². The Morgan fingerprint density at radius 3 is 2.31 bits per heavy atom. The van der Waals surface area contributed by atoms with E-state index in [1.807, 2.05) is 60.0 Å². The maximum absolute atomic E-state index is 13.9. The number of amides is 1. The molecule has 8 nitrogen and oxygen atoms in total. The van der Waals surface area contributed by atoms with Crippen molar-refractivity contribution in [2.45, 2.75) is 38.9 Å². The minimum absolute atomic E-state index is 0.0203. The van der Waals surface area contributed by atoms with Crippen molar-refractivity contribution >= 4 is 34.9 Å². The van der Waals surface area contributed by atoms with E-state index in [1.165, 1.54) is 0 Å². The summed E-state index contributed by atoms with van der Waals surface area (Å²) in [7, 11) is 0. The molecule has 0 spiro atoms. The zero-order valence-corrected chi connectivity index (χ0v) is 24.2. The van der Waals surface area contributed by atoms with Crippen LogP contribution in [0.2, 0.25) is 5.02 Å². The number of alkyl halides is 3. The fourth-order valence-corrected chi connectivity index (χ4v) is 6.03. The second kappa shape index (κ2) is 11.9. The normalized spacial score (nSPS) is 18.1. The molecule has 0 bridgehead atoms. The van der Waals surface area contributed by atoms with Gasteiger partial charge in [0.05, 0.1) is 12.2 Å². The Hall–Kier alpha value is -3.73. The molecule has 2 saturated heterocycles. The van der Waals surface area contributed by atoms with Crippen LogP contribution in [-0.2, 0) is 11.0 Å². The second-order valence-corrected chi connectivity index (χ2v) is 11.5. The van der Waals surface area contributed by atoms with Gasteiger partial charge in [-0.25, -0.2) is 4.79 Å². The first kappa shape index (κ1) is 29.8. The van der Waals surface area contributed by atoms with Gasteiger partial charge in [-0.2, -0.15) is 18.3 Å². The van der Waals surface area contributed by atoms with E-state index in [2.05, 4.69) is 10.00 Å². The van der Waals surface area contributed by atoms with E-state index in [4.69, 9.17) is 11.6 Å². The highest BCUT2D eigenvalue weighted by molar-refractivity contribution is 6.31. The van der Waals surface area contributed by atoms with E-state index in [-0.39, 0.29) is 18.4 Å². The van der Waals surface area contributed by atoms with E-state index < -0.39 is 29.4 Å². The molecule has 0 aliphatic carbocycles. The number of hydrogen-bond donors (Lipinski definition) is 1. The molecule has 3 aromatic rings. The number of halogens is 4. The van der Waals surface area contributed by atoms with Crippen molar-refractivity contribution in [3.63, 3.8) is 0 Å². The monoisotopic (exact) mass is 603 g/mol. The molecule has 42 heavy (non-hydrogen) atoms. The molecule has 2 fully saturated rings. The number of piperazine rings is 1. The van der Waals surface area contributed by atoms with Crippen molar-refractivity contribution < 1.29 is 27.9 Å². The Labute approximate surface area is 247 Å². The number of benzene rings is 2. The zero-order valence-electron chi connectivity index (χ0n) is 23.4. The number of carboxylic acids is 1. The predicted molar refractivity (Wildman–Crippen MR) is 155 cm³/mol. The van der Waals surface area contributed by atoms with Gasteiger partial charge in [-0.3, -0.25) is 9.48 Å². The van der Waals surface area contributed by atoms with Crippen LogP contribution in [0.25, 0.3) is 11.1 Å². The van der Waals surface area contributed by atoms with Crippen LogP contribution in [0, 0.1) is 5.92 Å². The van der Waals surface area contributed by atoms with E-state index in [0.29, 0.717) is 37.5 Å². The third-order valence-electron chi connectivity index (χ3n) is 7.97. The largest absolute Gasteiger partial charge is 0.478 e. The minimum atomic E-state index is -4.86. The highest BCUT2D eigenvalue weighted by atomic mass is 35.5. The van der Waals surface area contributed by atoms with Crippen LogP contribution >= 0.6 is 11.6 Å². The summed E-state index contributed by atoms with van der Waals surface area (Å²) in [6.07, 6.45) is -3.05. The molecule has 1 atom stereocenters. The lowest BCUT2D eigenvalue weighted by Gasteiger charge is -2.37. The predicted octanol–water partition coefficient (Wildman–Crippen LogP) is 6.07. The lowest BCUT2D eigenvalue weighted by molar-refractivity contribution is -0.145. The number of aromatic carboxylic acids is 1. The molecule has 224 valence electrons. The maximum atomic E-state index is 13.9. The van der Waals surface area contributed by atoms with Crippen LogP contribution in [0.4, 0.5) is 24.5 Å². The van der Waals surface area contributed by atoms with Gasteiger partial charge in [0.25, 0.3) is 0 Å². The smallest absolute Gasteiger partial charge is 0.433 e. The van der Waals surface area contributed by atoms with Gasteiger partial charge < -0.3 is 19.8 Å². The quantitative estimate of drug-likeness (QED) is 0.369. The average Bonchev–Trinajstić information content (AvgIpc) is 3.44. The number of carbonyl (C=O) groups is 2. The molecule has 12 heteroatoms. The third kappa shape index (κ3) is 6.06. The van der Waals surface area contributed by atoms with Gasteiger partial charge in [-0.05, 0) is 42.7 Å². The molecule has 2 aromatic carbocycles. The van der Waals surface area contributed by atoms with E-state index in [1.54, 1.807) is 6.07 Å². The van der Waals surface area contributed by atoms with Crippen LogP contribution in [0.3, 0.4) is 0 Å². The van der Waals surface area contributed by atoms with Gasteiger partial charge in [-0.1, -0.05) is 43.6 Å². The summed E-state index contributed by atoms with van der Waals surface area (Å²) >= 11 is 6.39. The first-order valence-corrected chi connectivity index (χ1v) is 14.4. The molecule has 1 N–H and O–H groups in total. The standard InChI is InChI=1S/C30H33ClF3N5O3/c1-19(2)28(40)37-14-12-36(13-15-37)22-8-5-20(6-9-22)24-10-7-21(31)16-26(24)38-11-3-4-23(18-38)39-27(30(32,33)34)25(17-35-39)29(41)42/h5-10,16-17,19,23H,3-4,11-15,18H2,1-2H3,(H,41,42). The van der Waals surface area contributed by atoms with Crippen LogP contribution in [-0.4, -0.2) is 70.9 Å². The number of carbonyl (C=O) groups excluding carboxylic acids is 1. The number of nitrogens with zero attached hydrogens (tertiary/aromatic N) is 5. The number of anilines is 2. The Balaban J connectivity index is 1.37. The summed E-state index contributed by atoms with van der Waals surface area (Å²) in [5.74, 6) is -1.51. The van der Waals surface area contributed by atoms with Crippen molar-refractivity contribution in [3.05, 3.63) is 64.9 Å². The third-order valence-corrected chi connectivity index (χ3v) is 8.20. The van der Waals surface area contributed by atoms with Crippen molar-refractivity contribution in [2.75, 3.05) is 49.1 Å². The molecule has 1 unspecified atom stereocenters. The number of piperidine rings is 1. The van der Waals surface area contributed by atoms with Crippen LogP contribution in [0.1, 0.15) is 48.8 Å². The minimum Gasteiger partial charge on any atom is -0.478 e. The fourth-order valence-electron chi connectivity index (χ4n) is 5.86. The topological polar surface area (TPSA) is 81.9 Å². The summed E-state index contributed by atoms with van der Waals surface area (Å²) in [5.41, 5.74) is 1.58. The summed E-state index contributed by atoms with van der Waals surface area (Å²) in [4.78, 5) is 30.0. The van der Waals surface area contributed by atoms with Gasteiger partial charge in [-0.15, -0.1) is 0 Å². The van der Waals surface area contributed by atoms with Crippen LogP contribution in [0.5, 0.6) is 0 Å². The molecule has 5 rings (SSSR count). The first-order chi connectivity index (χ1) is 19.9. The molecule has 3 heterocycles. The van der Waals surface area contributed by atoms with Gasteiger partial charge in [0.2, 0.25) is 5.91 Å². The van der Waals surface area contributed by atoms with Gasteiger partial charge >= 0.3 is 12.1 Å². The fraction of sp³-hybridized carbons (Fsp3) is 0.433. The number of rotatable bonds is 6. The Morgan fingerprint density at radius 2 is 1.69 bits per heavy atom. The average molecular weight is 604 g/mol. The highest BCUT2D eigenvalue weighted by Gasteiger charge is 2.42. The summed E-state index contributed by atoms with van der Waals surface area (Å²) in [5, 5.41) is 13.7. The lowest BCUT2D eigenvalue weighted by atomic mass is 9.99.